The molecule has 0 saturated heterocycles. The average molecular weight is 191 g/mol. The van der Waals surface area contributed by atoms with Gasteiger partial charge in [-0.25, -0.2) is 4.79 Å². The molecule has 0 aliphatic carbocycles. The first-order chi connectivity index (χ1) is 6.11. The van der Waals surface area contributed by atoms with Crippen molar-refractivity contribution < 1.29 is 24.2 Å². The van der Waals surface area contributed by atoms with Crippen molar-refractivity contribution in [3.63, 3.8) is 0 Å². The van der Waals surface area contributed by atoms with E-state index < -0.39 is 18.0 Å². The van der Waals surface area contributed by atoms with E-state index in [2.05, 4.69) is 9.47 Å². The summed E-state index contributed by atoms with van der Waals surface area (Å²) in [6.07, 6.45) is -1.77. The Labute approximate surface area is 76.6 Å². The molecule has 0 rings (SSSR count). The van der Waals surface area contributed by atoms with Crippen LogP contribution in [0.2, 0.25) is 0 Å². The van der Waals surface area contributed by atoms with Gasteiger partial charge in [-0.15, -0.1) is 0 Å². The maximum atomic E-state index is 10.8. The minimum absolute atomic E-state index is 0.179. The summed E-state index contributed by atoms with van der Waals surface area (Å²) < 4.78 is 9.02. The molecule has 0 amide bonds. The summed E-state index contributed by atoms with van der Waals surface area (Å²) in [5, 5.41) is 9.07. The Hall–Kier alpha value is -1.10. The standard InChI is InChI=1S/C8H14O5/c1-3-12-7(10)5-6(9)8(11)13-4-2/h6,9H,3-5H2,1-2H3/t6-/m1/s1/i5+1. The number of rotatable bonds is 5. The number of aliphatic hydroxyl groups is 1. The van der Waals surface area contributed by atoms with Gasteiger partial charge in [0, 0.05) is 0 Å². The molecule has 0 aromatic carbocycles. The van der Waals surface area contributed by atoms with Gasteiger partial charge < -0.3 is 14.6 Å². The molecule has 0 aromatic rings. The Bertz CT molecular complexity index is 177. The third kappa shape index (κ3) is 5.19. The maximum absolute atomic E-state index is 10.8. The molecule has 0 bridgehead atoms. The van der Waals surface area contributed by atoms with Crippen LogP contribution in [0.25, 0.3) is 0 Å². The Kier molecular flexibility index (Phi) is 5.88. The molecule has 0 aliphatic heterocycles. The van der Waals surface area contributed by atoms with Crippen LogP contribution in [0.15, 0.2) is 0 Å². The van der Waals surface area contributed by atoms with Crippen LogP contribution >= 0.6 is 0 Å². The molecule has 1 atom stereocenters. The molecule has 0 heterocycles. The highest BCUT2D eigenvalue weighted by molar-refractivity contribution is 5.81. The van der Waals surface area contributed by atoms with E-state index in [1.165, 1.54) is 0 Å². The largest absolute Gasteiger partial charge is 0.466 e. The zero-order valence-corrected chi connectivity index (χ0v) is 7.78. The fourth-order valence-corrected chi connectivity index (χ4v) is 0.700. The lowest BCUT2D eigenvalue weighted by Gasteiger charge is -2.08. The molecule has 0 radical (unpaired) electrons. The second-order valence-electron chi connectivity index (χ2n) is 2.28. The lowest BCUT2D eigenvalue weighted by molar-refractivity contribution is -0.159. The smallest absolute Gasteiger partial charge is 0.335 e. The highest BCUT2D eigenvalue weighted by atomic mass is 16.6. The number of esters is 2. The summed E-state index contributed by atoms with van der Waals surface area (Å²) in [5.41, 5.74) is 0. The Morgan fingerprint density at radius 2 is 1.77 bits per heavy atom. The van der Waals surface area contributed by atoms with E-state index in [4.69, 9.17) is 5.11 Å². The fraction of sp³-hybridized carbons (Fsp3) is 0.750. The van der Waals surface area contributed by atoms with Crippen LogP contribution in [0.3, 0.4) is 0 Å². The number of carbonyl (C=O) groups is 2. The summed E-state index contributed by atoms with van der Waals surface area (Å²) in [5.74, 6) is -1.40. The Balaban J connectivity index is 3.78. The normalized spacial score (nSPS) is 11.9. The molecule has 0 fully saturated rings. The number of ether oxygens (including phenoxy) is 2. The molecule has 13 heavy (non-hydrogen) atoms. The zero-order valence-electron chi connectivity index (χ0n) is 7.78. The third-order valence-corrected chi connectivity index (χ3v) is 1.22. The number of hydrogen-bond acceptors (Lipinski definition) is 5. The first kappa shape index (κ1) is 11.9. The number of aliphatic hydroxyl groups excluding tert-OH is 1. The van der Waals surface area contributed by atoms with Crippen molar-refractivity contribution in [2.24, 2.45) is 0 Å². The topological polar surface area (TPSA) is 72.8 Å². The zero-order chi connectivity index (χ0) is 10.3. The van der Waals surface area contributed by atoms with E-state index in [1.54, 1.807) is 13.8 Å². The van der Waals surface area contributed by atoms with Gasteiger partial charge in [0.1, 0.15) is 0 Å². The number of carbonyl (C=O) groups excluding carboxylic acids is 2. The summed E-state index contributed by atoms with van der Waals surface area (Å²) in [6, 6.07) is 0. The molecule has 0 aliphatic rings. The van der Waals surface area contributed by atoms with Crippen LogP contribution in [0.4, 0.5) is 0 Å². The summed E-state index contributed by atoms with van der Waals surface area (Å²) in [6.45, 7) is 3.68. The average Bonchev–Trinajstić information content (AvgIpc) is 2.05. The molecule has 5 heteroatoms. The van der Waals surface area contributed by atoms with Gasteiger partial charge in [-0.2, -0.15) is 0 Å². The van der Waals surface area contributed by atoms with E-state index >= 15 is 0 Å². The third-order valence-electron chi connectivity index (χ3n) is 1.22. The van der Waals surface area contributed by atoms with Gasteiger partial charge in [0.15, 0.2) is 6.10 Å². The van der Waals surface area contributed by atoms with Gasteiger partial charge in [0.05, 0.1) is 19.6 Å². The van der Waals surface area contributed by atoms with Crippen LogP contribution in [-0.2, 0) is 19.1 Å². The highest BCUT2D eigenvalue weighted by Crippen LogP contribution is 1.97. The van der Waals surface area contributed by atoms with E-state index in [9.17, 15) is 9.59 Å². The summed E-state index contributed by atoms with van der Waals surface area (Å²) >= 11 is 0. The van der Waals surface area contributed by atoms with Crippen LogP contribution in [0, 0.1) is 0 Å². The second-order valence-corrected chi connectivity index (χ2v) is 2.28. The van der Waals surface area contributed by atoms with Crippen molar-refractivity contribution in [1.82, 2.24) is 0 Å². The molecule has 76 valence electrons. The fourth-order valence-electron chi connectivity index (χ4n) is 0.700. The Morgan fingerprint density at radius 1 is 1.23 bits per heavy atom. The van der Waals surface area contributed by atoms with Crippen LogP contribution in [0.5, 0.6) is 0 Å². The van der Waals surface area contributed by atoms with Crippen molar-refractivity contribution in [3.8, 4) is 0 Å². The van der Waals surface area contributed by atoms with Crippen LogP contribution in [-0.4, -0.2) is 36.4 Å². The van der Waals surface area contributed by atoms with Gasteiger partial charge in [-0.1, -0.05) is 0 Å². The molecular weight excluding hydrogens is 177 g/mol. The Morgan fingerprint density at radius 3 is 2.23 bits per heavy atom. The van der Waals surface area contributed by atoms with Crippen molar-refractivity contribution in [2.75, 3.05) is 13.2 Å². The van der Waals surface area contributed by atoms with Gasteiger partial charge in [-0.05, 0) is 13.8 Å². The number of hydrogen-bond donors (Lipinski definition) is 1. The molecule has 0 unspecified atom stereocenters. The molecule has 0 aromatic heterocycles. The molecular formula is C8H14O5. The van der Waals surface area contributed by atoms with Crippen molar-refractivity contribution in [2.45, 2.75) is 26.4 Å². The predicted octanol–water partition coefficient (Wildman–Crippen LogP) is -0.136. The van der Waals surface area contributed by atoms with E-state index in [1.807, 2.05) is 0 Å². The molecule has 0 spiro atoms. The van der Waals surface area contributed by atoms with Gasteiger partial charge in [0.25, 0.3) is 0 Å². The monoisotopic (exact) mass is 191 g/mol. The SMILES string of the molecule is CCOC(=O)[13CH2][C@@H](O)C(=O)OCC. The van der Waals surface area contributed by atoms with Gasteiger partial charge in [0.2, 0.25) is 0 Å². The van der Waals surface area contributed by atoms with Gasteiger partial charge >= 0.3 is 11.9 Å². The summed E-state index contributed by atoms with van der Waals surface area (Å²) in [4.78, 5) is 21.6. The second kappa shape index (κ2) is 6.42. The van der Waals surface area contributed by atoms with E-state index in [-0.39, 0.29) is 19.6 Å². The first-order valence-corrected chi connectivity index (χ1v) is 4.12. The van der Waals surface area contributed by atoms with Crippen molar-refractivity contribution >= 4 is 11.9 Å². The highest BCUT2D eigenvalue weighted by Gasteiger charge is 2.20. The van der Waals surface area contributed by atoms with Crippen molar-refractivity contribution in [1.29, 1.82) is 0 Å². The molecule has 0 saturated carbocycles. The minimum atomic E-state index is -1.42. The molecule has 1 N–H and O–H groups in total. The van der Waals surface area contributed by atoms with Crippen LogP contribution < -0.4 is 0 Å². The minimum Gasteiger partial charge on any atom is -0.466 e. The van der Waals surface area contributed by atoms with Crippen LogP contribution in [0.1, 0.15) is 20.3 Å². The lowest BCUT2D eigenvalue weighted by Crippen LogP contribution is -2.26. The van der Waals surface area contributed by atoms with Gasteiger partial charge in [-0.3, -0.25) is 4.79 Å². The molecule has 5 nitrogen and oxygen atoms in total. The summed E-state index contributed by atoms with van der Waals surface area (Å²) in [7, 11) is 0. The maximum Gasteiger partial charge on any atom is 0.335 e. The lowest BCUT2D eigenvalue weighted by atomic mass is 10.5. The van der Waals surface area contributed by atoms with E-state index in [0.717, 1.165) is 0 Å². The predicted molar refractivity (Wildman–Crippen MR) is 43.9 cm³/mol. The van der Waals surface area contributed by atoms with E-state index in [0.29, 0.717) is 0 Å². The first-order valence-electron chi connectivity index (χ1n) is 4.12. The van der Waals surface area contributed by atoms with Crippen molar-refractivity contribution in [3.05, 3.63) is 0 Å². The quantitative estimate of drug-likeness (QED) is 0.483.